The van der Waals surface area contributed by atoms with E-state index in [1.165, 1.54) is 0 Å². The summed E-state index contributed by atoms with van der Waals surface area (Å²) in [5, 5.41) is 0.698. The number of morpholine rings is 1. The molecule has 0 spiro atoms. The van der Waals surface area contributed by atoms with Crippen molar-refractivity contribution in [2.75, 3.05) is 64.9 Å². The van der Waals surface area contributed by atoms with Crippen LogP contribution in [0.2, 0.25) is 5.02 Å². The van der Waals surface area contributed by atoms with Crippen molar-refractivity contribution < 1.29 is 9.53 Å². The van der Waals surface area contributed by atoms with E-state index in [1.54, 1.807) is 0 Å². The maximum Gasteiger partial charge on any atom is 0.236 e. The Morgan fingerprint density at radius 3 is 2.61 bits per heavy atom. The molecule has 0 unspecified atom stereocenters. The number of hydrogen-bond donors (Lipinski definition) is 0. The maximum absolute atomic E-state index is 12.8. The van der Waals surface area contributed by atoms with Gasteiger partial charge in [-0.3, -0.25) is 9.69 Å². The van der Waals surface area contributed by atoms with Crippen molar-refractivity contribution in [3.63, 3.8) is 0 Å². The Bertz CT molecular complexity index is 909. The Hall–Kier alpha value is -2.22. The van der Waals surface area contributed by atoms with Gasteiger partial charge in [-0.1, -0.05) is 23.7 Å². The summed E-state index contributed by atoms with van der Waals surface area (Å²) < 4.78 is 5.38. The van der Waals surface area contributed by atoms with E-state index in [0.717, 1.165) is 55.8 Å². The number of likely N-dealkylation sites (tertiary alicyclic amines) is 1. The average Bonchev–Trinajstić information content (AvgIpc) is 2.79. The highest BCUT2D eigenvalue weighted by Crippen LogP contribution is 2.35. The van der Waals surface area contributed by atoms with Crippen LogP contribution in [-0.4, -0.2) is 85.7 Å². The van der Waals surface area contributed by atoms with Crippen LogP contribution in [0.5, 0.6) is 0 Å². The lowest BCUT2D eigenvalue weighted by Gasteiger charge is -2.34. The summed E-state index contributed by atoms with van der Waals surface area (Å²) in [6.45, 7) is 5.08. The zero-order valence-corrected chi connectivity index (χ0v) is 19.0. The molecule has 0 N–H and O–H groups in total. The number of ether oxygens (including phenoxy) is 1. The molecule has 166 valence electrons. The molecule has 0 aliphatic carbocycles. The van der Waals surface area contributed by atoms with Crippen molar-refractivity contribution in [2.24, 2.45) is 0 Å². The van der Waals surface area contributed by atoms with Gasteiger partial charge in [-0.2, -0.15) is 0 Å². The normalized spacial score (nSPS) is 18.2. The van der Waals surface area contributed by atoms with Crippen LogP contribution in [0.3, 0.4) is 0 Å². The lowest BCUT2D eigenvalue weighted by atomic mass is 9.89. The van der Waals surface area contributed by atoms with Crippen LogP contribution in [-0.2, 0) is 9.53 Å². The molecule has 2 saturated heterocycles. The SMILES string of the molecule is CN(C)c1ncc(-c2cccc(Cl)c2)c(C2CCN(C(=O)CN3CCOCC3)CC2)n1. The molecule has 3 heterocycles. The van der Waals surface area contributed by atoms with Gasteiger partial charge < -0.3 is 14.5 Å². The number of anilines is 1. The molecule has 8 heteroatoms. The van der Waals surface area contributed by atoms with Crippen molar-refractivity contribution in [2.45, 2.75) is 18.8 Å². The predicted molar refractivity (Wildman–Crippen MR) is 123 cm³/mol. The molecule has 7 nitrogen and oxygen atoms in total. The number of aromatic nitrogens is 2. The molecule has 2 fully saturated rings. The van der Waals surface area contributed by atoms with Crippen molar-refractivity contribution in [1.29, 1.82) is 0 Å². The molecule has 1 aromatic heterocycles. The fraction of sp³-hybridized carbons (Fsp3) is 0.522. The number of rotatable bonds is 5. The second-order valence-corrected chi connectivity index (χ2v) is 8.85. The first-order valence-corrected chi connectivity index (χ1v) is 11.3. The van der Waals surface area contributed by atoms with Gasteiger partial charge in [0.15, 0.2) is 0 Å². The van der Waals surface area contributed by atoms with Gasteiger partial charge >= 0.3 is 0 Å². The first-order chi connectivity index (χ1) is 15.0. The van der Waals surface area contributed by atoms with E-state index in [1.807, 2.05) is 54.4 Å². The van der Waals surface area contributed by atoms with Crippen molar-refractivity contribution in [3.8, 4) is 11.1 Å². The van der Waals surface area contributed by atoms with Crippen molar-refractivity contribution in [1.82, 2.24) is 19.8 Å². The number of hydrogen-bond acceptors (Lipinski definition) is 6. The molecule has 2 aliphatic rings. The van der Waals surface area contributed by atoms with Crippen LogP contribution in [0.25, 0.3) is 11.1 Å². The fourth-order valence-electron chi connectivity index (χ4n) is 4.24. The third-order valence-electron chi connectivity index (χ3n) is 6.04. The minimum Gasteiger partial charge on any atom is -0.379 e. The van der Waals surface area contributed by atoms with E-state index < -0.39 is 0 Å². The molecule has 31 heavy (non-hydrogen) atoms. The van der Waals surface area contributed by atoms with Gasteiger partial charge in [0.25, 0.3) is 0 Å². The quantitative estimate of drug-likeness (QED) is 0.708. The van der Waals surface area contributed by atoms with E-state index in [2.05, 4.69) is 9.88 Å². The largest absolute Gasteiger partial charge is 0.379 e. The molecule has 0 radical (unpaired) electrons. The summed E-state index contributed by atoms with van der Waals surface area (Å²) >= 11 is 6.24. The Labute approximate surface area is 189 Å². The number of carbonyl (C=O) groups excluding carboxylic acids is 1. The number of nitrogens with zero attached hydrogens (tertiary/aromatic N) is 5. The van der Waals surface area contributed by atoms with E-state index in [-0.39, 0.29) is 11.8 Å². The minimum absolute atomic E-state index is 0.215. The Kier molecular flexibility index (Phi) is 7.05. The number of piperidine rings is 1. The van der Waals surface area contributed by atoms with Crippen molar-refractivity contribution in [3.05, 3.63) is 41.2 Å². The molecular formula is C23H30ClN5O2. The standard InChI is InChI=1S/C23H30ClN5O2/c1-27(2)23-25-15-20(18-4-3-5-19(24)14-18)22(26-23)17-6-8-29(9-7-17)21(30)16-28-10-12-31-13-11-28/h3-5,14-15,17H,6-13,16H2,1-2H3. The van der Waals surface area contributed by atoms with Gasteiger partial charge in [0.2, 0.25) is 11.9 Å². The van der Waals surface area contributed by atoms with Gasteiger partial charge in [0, 0.05) is 63.0 Å². The highest BCUT2D eigenvalue weighted by atomic mass is 35.5. The lowest BCUT2D eigenvalue weighted by Crippen LogP contribution is -2.46. The summed E-state index contributed by atoms with van der Waals surface area (Å²) in [7, 11) is 3.90. The van der Waals surface area contributed by atoms with E-state index in [4.69, 9.17) is 21.3 Å². The van der Waals surface area contributed by atoms with Crippen LogP contribution < -0.4 is 4.90 Å². The molecule has 0 bridgehead atoms. The summed E-state index contributed by atoms with van der Waals surface area (Å²) in [5.74, 6) is 1.20. The highest BCUT2D eigenvalue weighted by Gasteiger charge is 2.28. The summed E-state index contributed by atoms with van der Waals surface area (Å²) in [6.07, 6.45) is 3.69. The fourth-order valence-corrected chi connectivity index (χ4v) is 4.43. The third kappa shape index (κ3) is 5.34. The molecule has 2 aromatic rings. The summed E-state index contributed by atoms with van der Waals surface area (Å²) in [5.41, 5.74) is 3.09. The van der Waals surface area contributed by atoms with Gasteiger partial charge in [-0.25, -0.2) is 9.97 Å². The molecule has 2 aliphatic heterocycles. The first-order valence-electron chi connectivity index (χ1n) is 10.9. The third-order valence-corrected chi connectivity index (χ3v) is 6.27. The zero-order chi connectivity index (χ0) is 21.8. The molecule has 0 atom stereocenters. The predicted octanol–water partition coefficient (Wildman–Crippen LogP) is 2.90. The monoisotopic (exact) mass is 443 g/mol. The average molecular weight is 444 g/mol. The van der Waals surface area contributed by atoms with Crippen LogP contribution in [0, 0.1) is 0 Å². The Morgan fingerprint density at radius 1 is 1.19 bits per heavy atom. The molecular weight excluding hydrogens is 414 g/mol. The Morgan fingerprint density at radius 2 is 1.94 bits per heavy atom. The van der Waals surface area contributed by atoms with Gasteiger partial charge in [-0.15, -0.1) is 0 Å². The highest BCUT2D eigenvalue weighted by molar-refractivity contribution is 6.30. The molecule has 4 rings (SSSR count). The van der Waals surface area contributed by atoms with Crippen LogP contribution >= 0.6 is 11.6 Å². The van der Waals surface area contributed by atoms with Crippen LogP contribution in [0.15, 0.2) is 30.5 Å². The second-order valence-electron chi connectivity index (χ2n) is 8.42. The number of benzene rings is 1. The molecule has 1 aromatic carbocycles. The maximum atomic E-state index is 12.8. The van der Waals surface area contributed by atoms with Gasteiger partial charge in [0.1, 0.15) is 0 Å². The minimum atomic E-state index is 0.215. The smallest absolute Gasteiger partial charge is 0.236 e. The van der Waals surface area contributed by atoms with Crippen LogP contribution in [0.1, 0.15) is 24.5 Å². The van der Waals surface area contributed by atoms with E-state index >= 15 is 0 Å². The van der Waals surface area contributed by atoms with Crippen molar-refractivity contribution >= 4 is 23.5 Å². The lowest BCUT2D eigenvalue weighted by molar-refractivity contribution is -0.134. The van der Waals surface area contributed by atoms with E-state index in [9.17, 15) is 4.79 Å². The first kappa shape index (κ1) is 22.0. The van der Waals surface area contributed by atoms with Gasteiger partial charge in [-0.05, 0) is 30.5 Å². The summed E-state index contributed by atoms with van der Waals surface area (Å²) in [6, 6.07) is 7.83. The summed E-state index contributed by atoms with van der Waals surface area (Å²) in [4.78, 5) is 28.3. The molecule has 1 amide bonds. The molecule has 0 saturated carbocycles. The van der Waals surface area contributed by atoms with Crippen LogP contribution in [0.4, 0.5) is 5.95 Å². The number of carbonyl (C=O) groups is 1. The second kappa shape index (κ2) is 9.94. The zero-order valence-electron chi connectivity index (χ0n) is 18.3. The Balaban J connectivity index is 1.49. The topological polar surface area (TPSA) is 61.8 Å². The van der Waals surface area contributed by atoms with E-state index in [0.29, 0.717) is 30.7 Å². The van der Waals surface area contributed by atoms with Gasteiger partial charge in [0.05, 0.1) is 25.5 Å². The number of amides is 1. The number of halogens is 1.